The van der Waals surface area contributed by atoms with E-state index in [2.05, 4.69) is 10.5 Å². The summed E-state index contributed by atoms with van der Waals surface area (Å²) in [6.45, 7) is 1.72. The highest BCUT2D eigenvalue weighted by Crippen LogP contribution is 2.20. The smallest absolute Gasteiger partial charge is 0.269 e. The number of rotatable bonds is 7. The first-order valence-corrected chi connectivity index (χ1v) is 8.89. The second kappa shape index (κ2) is 9.19. The minimum absolute atomic E-state index is 0.0107. The molecule has 130 valence electrons. The van der Waals surface area contributed by atoms with Crippen molar-refractivity contribution in [2.24, 2.45) is 5.10 Å². The summed E-state index contributed by atoms with van der Waals surface area (Å²) in [6, 6.07) is 13.5. The molecule has 0 heterocycles. The van der Waals surface area contributed by atoms with Gasteiger partial charge in [-0.05, 0) is 36.2 Å². The van der Waals surface area contributed by atoms with Gasteiger partial charge in [-0.3, -0.25) is 14.9 Å². The summed E-state index contributed by atoms with van der Waals surface area (Å²) in [6.07, 6.45) is 0. The maximum absolute atomic E-state index is 11.8. The molecule has 0 fully saturated rings. The summed E-state index contributed by atoms with van der Waals surface area (Å²) >= 11 is 7.50. The molecule has 2 rings (SSSR count). The van der Waals surface area contributed by atoms with E-state index in [0.717, 1.165) is 5.56 Å². The molecule has 0 atom stereocenters. The van der Waals surface area contributed by atoms with Crippen molar-refractivity contribution in [1.82, 2.24) is 5.43 Å². The van der Waals surface area contributed by atoms with Gasteiger partial charge in [0.25, 0.3) is 5.69 Å². The van der Waals surface area contributed by atoms with Crippen LogP contribution in [0.15, 0.2) is 53.6 Å². The minimum atomic E-state index is -0.464. The molecule has 0 aliphatic rings. The lowest BCUT2D eigenvalue weighted by molar-refractivity contribution is -0.384. The number of benzene rings is 2. The molecule has 1 amide bonds. The van der Waals surface area contributed by atoms with Gasteiger partial charge in [0.1, 0.15) is 0 Å². The van der Waals surface area contributed by atoms with Gasteiger partial charge < -0.3 is 0 Å². The molecule has 0 saturated heterocycles. The fourth-order valence-corrected chi connectivity index (χ4v) is 3.04. The van der Waals surface area contributed by atoms with Gasteiger partial charge in [0.05, 0.1) is 16.4 Å². The number of carbonyl (C=O) groups excluding carboxylic acids is 1. The topological polar surface area (TPSA) is 84.6 Å². The van der Waals surface area contributed by atoms with Crippen molar-refractivity contribution in [3.63, 3.8) is 0 Å². The Balaban J connectivity index is 1.82. The number of nitro benzene ring substituents is 1. The zero-order valence-corrected chi connectivity index (χ0v) is 15.0. The van der Waals surface area contributed by atoms with Gasteiger partial charge in [-0.1, -0.05) is 29.8 Å². The van der Waals surface area contributed by atoms with Crippen LogP contribution in [0.5, 0.6) is 0 Å². The number of amides is 1. The Labute approximate surface area is 154 Å². The molecule has 8 heteroatoms. The minimum Gasteiger partial charge on any atom is -0.272 e. The molecule has 0 unspecified atom stereocenters. The van der Waals surface area contributed by atoms with Crippen LogP contribution in [0.25, 0.3) is 0 Å². The van der Waals surface area contributed by atoms with E-state index in [4.69, 9.17) is 11.6 Å². The molecule has 25 heavy (non-hydrogen) atoms. The largest absolute Gasteiger partial charge is 0.272 e. The first-order valence-electron chi connectivity index (χ1n) is 7.36. The number of hydrogen-bond acceptors (Lipinski definition) is 5. The van der Waals surface area contributed by atoms with Crippen LogP contribution in [-0.4, -0.2) is 22.3 Å². The number of hydrogen-bond donors (Lipinski definition) is 1. The molecule has 0 aliphatic carbocycles. The summed E-state index contributed by atoms with van der Waals surface area (Å²) in [7, 11) is 0. The first-order chi connectivity index (χ1) is 12.0. The zero-order chi connectivity index (χ0) is 18.2. The number of halogens is 1. The summed E-state index contributed by atoms with van der Waals surface area (Å²) < 4.78 is 0. The molecule has 0 bridgehead atoms. The Morgan fingerprint density at radius 3 is 2.56 bits per heavy atom. The molecule has 0 aliphatic heterocycles. The van der Waals surface area contributed by atoms with Crippen LogP contribution in [-0.2, 0) is 10.5 Å². The van der Waals surface area contributed by atoms with Crippen LogP contribution in [0.3, 0.4) is 0 Å². The lowest BCUT2D eigenvalue weighted by Gasteiger charge is -2.04. The van der Waals surface area contributed by atoms with Gasteiger partial charge in [-0.2, -0.15) is 5.10 Å². The van der Waals surface area contributed by atoms with Crippen LogP contribution in [0.4, 0.5) is 5.69 Å². The maximum Gasteiger partial charge on any atom is 0.269 e. The predicted octanol–water partition coefficient (Wildman–Crippen LogP) is 4.02. The van der Waals surface area contributed by atoms with Gasteiger partial charge in [-0.25, -0.2) is 5.43 Å². The van der Waals surface area contributed by atoms with Crippen molar-refractivity contribution >= 4 is 40.7 Å². The fraction of sp³-hybridized carbons (Fsp3) is 0.176. The lowest BCUT2D eigenvalue weighted by Crippen LogP contribution is -2.21. The summed E-state index contributed by atoms with van der Waals surface area (Å²) in [5.74, 6) is 0.666. The van der Waals surface area contributed by atoms with Gasteiger partial charge in [-0.15, -0.1) is 11.8 Å². The van der Waals surface area contributed by atoms with E-state index in [0.29, 0.717) is 22.1 Å². The summed E-state index contributed by atoms with van der Waals surface area (Å²) in [4.78, 5) is 22.0. The molecule has 2 aromatic carbocycles. The van der Waals surface area contributed by atoms with Crippen LogP contribution in [0.2, 0.25) is 5.02 Å². The number of hydrazone groups is 1. The average molecular weight is 378 g/mol. The third-order valence-electron chi connectivity index (χ3n) is 3.29. The molecule has 0 aromatic heterocycles. The van der Waals surface area contributed by atoms with E-state index < -0.39 is 4.92 Å². The highest BCUT2D eigenvalue weighted by molar-refractivity contribution is 7.99. The molecular formula is C17H16ClN3O3S. The molecule has 0 saturated carbocycles. The van der Waals surface area contributed by atoms with E-state index >= 15 is 0 Å². The lowest BCUT2D eigenvalue weighted by atomic mass is 10.1. The number of nitrogens with zero attached hydrogens (tertiary/aromatic N) is 2. The third kappa shape index (κ3) is 5.88. The second-order valence-corrected chi connectivity index (χ2v) is 6.51. The maximum atomic E-state index is 11.8. The molecule has 2 aromatic rings. The highest BCUT2D eigenvalue weighted by atomic mass is 35.5. The van der Waals surface area contributed by atoms with Gasteiger partial charge in [0, 0.05) is 22.9 Å². The van der Waals surface area contributed by atoms with Crippen molar-refractivity contribution in [2.75, 3.05) is 5.75 Å². The van der Waals surface area contributed by atoms with E-state index in [1.165, 1.54) is 23.9 Å². The van der Waals surface area contributed by atoms with Crippen molar-refractivity contribution in [3.8, 4) is 0 Å². The highest BCUT2D eigenvalue weighted by Gasteiger charge is 2.07. The van der Waals surface area contributed by atoms with Crippen molar-refractivity contribution in [3.05, 3.63) is 74.8 Å². The number of thioether (sulfide) groups is 1. The van der Waals surface area contributed by atoms with Crippen LogP contribution >= 0.6 is 23.4 Å². The Hall–Kier alpha value is -2.38. The van der Waals surface area contributed by atoms with Crippen molar-refractivity contribution in [1.29, 1.82) is 0 Å². The Morgan fingerprint density at radius 1 is 1.24 bits per heavy atom. The first kappa shape index (κ1) is 19.0. The van der Waals surface area contributed by atoms with Crippen LogP contribution < -0.4 is 5.43 Å². The number of non-ortho nitro benzene ring substituents is 1. The predicted molar refractivity (Wildman–Crippen MR) is 101 cm³/mol. The van der Waals surface area contributed by atoms with E-state index in [1.54, 1.807) is 19.1 Å². The van der Waals surface area contributed by atoms with Gasteiger partial charge in [0.2, 0.25) is 5.91 Å². The fourth-order valence-electron chi connectivity index (χ4n) is 1.94. The molecule has 0 radical (unpaired) electrons. The average Bonchev–Trinajstić information content (AvgIpc) is 2.61. The molecular weight excluding hydrogens is 362 g/mol. The Kier molecular flexibility index (Phi) is 6.97. The van der Waals surface area contributed by atoms with Crippen LogP contribution in [0, 0.1) is 10.1 Å². The van der Waals surface area contributed by atoms with Crippen molar-refractivity contribution in [2.45, 2.75) is 12.7 Å². The van der Waals surface area contributed by atoms with E-state index in [-0.39, 0.29) is 17.3 Å². The Bertz CT molecular complexity index is 794. The number of carbonyl (C=O) groups is 1. The normalized spacial score (nSPS) is 11.2. The number of nitro groups is 1. The van der Waals surface area contributed by atoms with Gasteiger partial charge in [0.15, 0.2) is 0 Å². The van der Waals surface area contributed by atoms with E-state index in [9.17, 15) is 14.9 Å². The summed E-state index contributed by atoms with van der Waals surface area (Å²) in [5, 5.41) is 15.3. The standard InChI is InChI=1S/C17H16ClN3O3S/c1-12(13-6-8-15(9-7-13)21(23)24)19-20-17(22)11-25-10-14-4-2-3-5-16(14)18/h2-9H,10-11H2,1H3,(H,20,22)/b19-12-. The van der Waals surface area contributed by atoms with Crippen molar-refractivity contribution < 1.29 is 9.72 Å². The monoisotopic (exact) mass is 377 g/mol. The molecule has 0 spiro atoms. The SMILES string of the molecule is C/C(=N/NC(=O)CSCc1ccccc1Cl)c1ccc([N+](=O)[O-])cc1. The summed E-state index contributed by atoms with van der Waals surface area (Å²) in [5.41, 5.74) is 4.74. The van der Waals surface area contributed by atoms with E-state index in [1.807, 2.05) is 24.3 Å². The molecule has 1 N–H and O–H groups in total. The second-order valence-electron chi connectivity index (χ2n) is 5.12. The number of nitrogens with one attached hydrogen (secondary N) is 1. The van der Waals surface area contributed by atoms with Gasteiger partial charge >= 0.3 is 0 Å². The third-order valence-corrected chi connectivity index (χ3v) is 4.64. The van der Waals surface area contributed by atoms with Crippen LogP contribution in [0.1, 0.15) is 18.1 Å². The quantitative estimate of drug-likeness (QED) is 0.448. The molecule has 6 nitrogen and oxygen atoms in total. The zero-order valence-electron chi connectivity index (χ0n) is 13.4. The Morgan fingerprint density at radius 2 is 1.92 bits per heavy atom.